The lowest BCUT2D eigenvalue weighted by Crippen LogP contribution is -2.23. The quantitative estimate of drug-likeness (QED) is 0.761. The van der Waals surface area contributed by atoms with E-state index in [2.05, 4.69) is 10.2 Å². The number of benzene rings is 1. The summed E-state index contributed by atoms with van der Waals surface area (Å²) in [4.78, 5) is 11.6. The molecule has 3 rings (SSSR count). The summed E-state index contributed by atoms with van der Waals surface area (Å²) < 4.78 is 12.6. The zero-order valence-electron chi connectivity index (χ0n) is 14.4. The zero-order chi connectivity index (χ0) is 17.8. The van der Waals surface area contributed by atoms with Crippen LogP contribution in [0.3, 0.4) is 0 Å². The maximum atomic E-state index is 11.6. The Kier molecular flexibility index (Phi) is 5.58. The summed E-state index contributed by atoms with van der Waals surface area (Å²) in [6.45, 7) is 0.335. The fraction of sp³-hybridized carbons (Fsp3) is 0.500. The van der Waals surface area contributed by atoms with Crippen LogP contribution >= 0.6 is 11.6 Å². The second kappa shape index (κ2) is 7.87. The van der Waals surface area contributed by atoms with Gasteiger partial charge in [0.25, 0.3) is 0 Å². The Morgan fingerprint density at radius 1 is 1.28 bits per heavy atom. The Bertz CT molecular complexity index is 739. The summed E-state index contributed by atoms with van der Waals surface area (Å²) in [5.41, 5.74) is 0. The van der Waals surface area contributed by atoms with E-state index in [-0.39, 0.29) is 11.9 Å². The van der Waals surface area contributed by atoms with Gasteiger partial charge in [-0.1, -0.05) is 17.7 Å². The minimum absolute atomic E-state index is 0.0140. The van der Waals surface area contributed by atoms with Crippen LogP contribution in [0.4, 0.5) is 0 Å². The van der Waals surface area contributed by atoms with Gasteiger partial charge in [-0.05, 0) is 43.9 Å². The van der Waals surface area contributed by atoms with Gasteiger partial charge in [0.2, 0.25) is 0 Å². The highest BCUT2D eigenvalue weighted by Crippen LogP contribution is 2.35. The van der Waals surface area contributed by atoms with E-state index < -0.39 is 0 Å². The molecule has 0 bridgehead atoms. The number of nitrogens with zero attached hydrogens (tertiary/aromatic N) is 3. The number of aromatic nitrogens is 3. The van der Waals surface area contributed by atoms with Crippen LogP contribution in [-0.4, -0.2) is 27.8 Å². The van der Waals surface area contributed by atoms with Gasteiger partial charge in [-0.2, -0.15) is 0 Å². The van der Waals surface area contributed by atoms with E-state index in [0.29, 0.717) is 23.3 Å². The molecule has 0 amide bonds. The van der Waals surface area contributed by atoms with Crippen molar-refractivity contribution in [1.29, 1.82) is 0 Å². The van der Waals surface area contributed by atoms with Gasteiger partial charge < -0.3 is 14.0 Å². The standard InChI is InChI=1S/C18H22ClN3O3/c1-22-16(11-25-15-5-3-4-14(19)10-15)20-21-17(22)12-6-8-13(9-7-12)18(23)24-2/h3-5,10,12-13H,6-9,11H2,1-2H3. The van der Waals surface area contributed by atoms with Crippen molar-refractivity contribution in [2.45, 2.75) is 38.2 Å². The van der Waals surface area contributed by atoms with Gasteiger partial charge >= 0.3 is 5.97 Å². The molecule has 0 atom stereocenters. The number of hydrogen-bond acceptors (Lipinski definition) is 5. The van der Waals surface area contributed by atoms with Crippen molar-refractivity contribution in [3.8, 4) is 5.75 Å². The Balaban J connectivity index is 1.61. The van der Waals surface area contributed by atoms with Crippen LogP contribution in [0.1, 0.15) is 43.3 Å². The smallest absolute Gasteiger partial charge is 0.308 e. The van der Waals surface area contributed by atoms with Gasteiger partial charge in [-0.15, -0.1) is 10.2 Å². The molecule has 0 saturated heterocycles. The fourth-order valence-electron chi connectivity index (χ4n) is 3.32. The zero-order valence-corrected chi connectivity index (χ0v) is 15.2. The lowest BCUT2D eigenvalue weighted by atomic mass is 9.81. The van der Waals surface area contributed by atoms with E-state index in [4.69, 9.17) is 21.1 Å². The molecule has 1 fully saturated rings. The van der Waals surface area contributed by atoms with Gasteiger partial charge in [0.05, 0.1) is 13.0 Å². The Morgan fingerprint density at radius 3 is 2.72 bits per heavy atom. The molecular weight excluding hydrogens is 342 g/mol. The van der Waals surface area contributed by atoms with Crippen molar-refractivity contribution in [3.63, 3.8) is 0 Å². The van der Waals surface area contributed by atoms with Crippen LogP contribution in [0.15, 0.2) is 24.3 Å². The van der Waals surface area contributed by atoms with Crippen LogP contribution in [-0.2, 0) is 23.2 Å². The van der Waals surface area contributed by atoms with Crippen LogP contribution in [0, 0.1) is 5.92 Å². The SMILES string of the molecule is COC(=O)C1CCC(c2nnc(COc3cccc(Cl)c3)n2C)CC1. The summed E-state index contributed by atoms with van der Waals surface area (Å²) in [5.74, 6) is 2.65. The number of carbonyl (C=O) groups is 1. The topological polar surface area (TPSA) is 66.2 Å². The maximum Gasteiger partial charge on any atom is 0.308 e. The Labute approximate surface area is 152 Å². The van der Waals surface area contributed by atoms with Gasteiger partial charge in [0, 0.05) is 18.0 Å². The highest BCUT2D eigenvalue weighted by molar-refractivity contribution is 6.30. The molecule has 6 nitrogen and oxygen atoms in total. The highest BCUT2D eigenvalue weighted by atomic mass is 35.5. The molecule has 0 radical (unpaired) electrons. The average Bonchev–Trinajstić information content (AvgIpc) is 3.00. The van der Waals surface area contributed by atoms with Crippen LogP contribution < -0.4 is 4.74 Å². The van der Waals surface area contributed by atoms with E-state index in [1.165, 1.54) is 7.11 Å². The molecule has 0 unspecified atom stereocenters. The largest absolute Gasteiger partial charge is 0.486 e. The van der Waals surface area contributed by atoms with E-state index in [1.54, 1.807) is 12.1 Å². The summed E-state index contributed by atoms with van der Waals surface area (Å²) in [5, 5.41) is 9.25. The van der Waals surface area contributed by atoms with Gasteiger partial charge in [-0.3, -0.25) is 4.79 Å². The number of ether oxygens (including phenoxy) is 2. The normalized spacial score (nSPS) is 20.3. The Hall–Kier alpha value is -2.08. The van der Waals surface area contributed by atoms with Crippen LogP contribution in [0.2, 0.25) is 5.02 Å². The van der Waals surface area contributed by atoms with Crippen molar-refractivity contribution in [1.82, 2.24) is 14.8 Å². The number of rotatable bonds is 5. The molecule has 7 heteroatoms. The first kappa shape index (κ1) is 17.7. The van der Waals surface area contributed by atoms with Gasteiger partial charge in [-0.25, -0.2) is 0 Å². The molecule has 25 heavy (non-hydrogen) atoms. The molecule has 0 aliphatic heterocycles. The van der Waals surface area contributed by atoms with Gasteiger partial charge in [0.1, 0.15) is 18.2 Å². The first-order valence-corrected chi connectivity index (χ1v) is 8.80. The molecule has 134 valence electrons. The highest BCUT2D eigenvalue weighted by Gasteiger charge is 2.30. The van der Waals surface area contributed by atoms with E-state index in [1.807, 2.05) is 23.7 Å². The fourth-order valence-corrected chi connectivity index (χ4v) is 3.50. The number of esters is 1. The first-order chi connectivity index (χ1) is 12.1. The molecule has 1 aromatic carbocycles. The molecule has 2 aromatic rings. The van der Waals surface area contributed by atoms with Crippen molar-refractivity contribution >= 4 is 17.6 Å². The molecule has 1 aliphatic carbocycles. The second-order valence-electron chi connectivity index (χ2n) is 6.35. The van der Waals surface area contributed by atoms with E-state index >= 15 is 0 Å². The summed E-state index contributed by atoms with van der Waals surface area (Å²) in [6, 6.07) is 7.28. The predicted molar refractivity (Wildman–Crippen MR) is 93.5 cm³/mol. The summed E-state index contributed by atoms with van der Waals surface area (Å²) in [7, 11) is 3.40. The third kappa shape index (κ3) is 4.12. The summed E-state index contributed by atoms with van der Waals surface area (Å²) in [6.07, 6.45) is 3.50. The third-order valence-corrected chi connectivity index (χ3v) is 5.02. The molecule has 1 aromatic heterocycles. The van der Waals surface area contributed by atoms with Crippen molar-refractivity contribution in [2.24, 2.45) is 13.0 Å². The average molecular weight is 364 g/mol. The molecule has 0 spiro atoms. The van der Waals surface area contributed by atoms with Crippen molar-refractivity contribution in [3.05, 3.63) is 40.9 Å². The number of hydrogen-bond donors (Lipinski definition) is 0. The van der Waals surface area contributed by atoms with Crippen LogP contribution in [0.5, 0.6) is 5.75 Å². The minimum Gasteiger partial charge on any atom is -0.486 e. The predicted octanol–water partition coefficient (Wildman–Crippen LogP) is 3.49. The second-order valence-corrected chi connectivity index (χ2v) is 6.79. The minimum atomic E-state index is -0.105. The van der Waals surface area contributed by atoms with E-state index in [9.17, 15) is 4.79 Å². The lowest BCUT2D eigenvalue weighted by Gasteiger charge is -2.26. The number of carbonyl (C=O) groups excluding carboxylic acids is 1. The van der Waals surface area contributed by atoms with Crippen LogP contribution in [0.25, 0.3) is 0 Å². The number of halogens is 1. The maximum absolute atomic E-state index is 11.6. The Morgan fingerprint density at radius 2 is 2.04 bits per heavy atom. The summed E-state index contributed by atoms with van der Waals surface area (Å²) >= 11 is 5.96. The monoisotopic (exact) mass is 363 g/mol. The van der Waals surface area contributed by atoms with Crippen molar-refractivity contribution < 1.29 is 14.3 Å². The molecule has 1 aliphatic rings. The third-order valence-electron chi connectivity index (χ3n) is 4.79. The lowest BCUT2D eigenvalue weighted by molar-refractivity contribution is -0.146. The molecule has 0 N–H and O–H groups in total. The molecular formula is C18H22ClN3O3. The van der Waals surface area contributed by atoms with Gasteiger partial charge in [0.15, 0.2) is 5.82 Å². The van der Waals surface area contributed by atoms with E-state index in [0.717, 1.165) is 37.3 Å². The first-order valence-electron chi connectivity index (χ1n) is 8.43. The molecule has 1 saturated carbocycles. The van der Waals surface area contributed by atoms with Crippen molar-refractivity contribution in [2.75, 3.05) is 7.11 Å². The molecule has 1 heterocycles. The number of methoxy groups -OCH3 is 1.